The van der Waals surface area contributed by atoms with Gasteiger partial charge < -0.3 is 10.0 Å². The van der Waals surface area contributed by atoms with Crippen molar-refractivity contribution in [3.63, 3.8) is 0 Å². The Hall–Kier alpha value is -4.30. The summed E-state index contributed by atoms with van der Waals surface area (Å²) in [5.41, 5.74) is 0.858. The van der Waals surface area contributed by atoms with Crippen LogP contribution in [0.4, 0.5) is 20.6 Å². The summed E-state index contributed by atoms with van der Waals surface area (Å²) in [6.07, 6.45) is -1.19. The van der Waals surface area contributed by atoms with Crippen LogP contribution in [-0.4, -0.2) is 60.0 Å². The Labute approximate surface area is 200 Å². The molecule has 0 radical (unpaired) electrons. The first-order chi connectivity index (χ1) is 16.8. The number of halogens is 1. The zero-order valence-electron chi connectivity index (χ0n) is 19.2. The summed E-state index contributed by atoms with van der Waals surface area (Å²) in [7, 11) is 3.64. The number of carboxylic acid groups (broad SMARTS) is 1. The Morgan fingerprint density at radius 3 is 2.31 bits per heavy atom. The lowest BCUT2D eigenvalue weighted by Gasteiger charge is -2.30. The Kier molecular flexibility index (Phi) is 5.45. The molecule has 0 atom stereocenters. The van der Waals surface area contributed by atoms with E-state index < -0.39 is 23.7 Å². The van der Waals surface area contributed by atoms with E-state index in [2.05, 4.69) is 0 Å². The van der Waals surface area contributed by atoms with Gasteiger partial charge in [0.25, 0.3) is 11.8 Å². The highest BCUT2D eigenvalue weighted by molar-refractivity contribution is 6.31. The van der Waals surface area contributed by atoms with Gasteiger partial charge >= 0.3 is 6.09 Å². The molecule has 7 nitrogen and oxygen atoms in total. The molecule has 0 aromatic heterocycles. The van der Waals surface area contributed by atoms with Crippen molar-refractivity contribution < 1.29 is 23.9 Å². The molecule has 0 saturated heterocycles. The monoisotopic (exact) mass is 471 g/mol. The molecule has 1 aliphatic rings. The van der Waals surface area contributed by atoms with Crippen molar-refractivity contribution in [1.82, 2.24) is 9.80 Å². The minimum absolute atomic E-state index is 0.0985. The van der Waals surface area contributed by atoms with Gasteiger partial charge in [0, 0.05) is 23.9 Å². The van der Waals surface area contributed by atoms with E-state index >= 15 is 0 Å². The number of anilines is 2. The van der Waals surface area contributed by atoms with Crippen LogP contribution in [0, 0.1) is 5.82 Å². The molecule has 1 N–H and O–H groups in total. The summed E-state index contributed by atoms with van der Waals surface area (Å²) in [5.74, 6) is -1.89. The van der Waals surface area contributed by atoms with Crippen LogP contribution in [0.2, 0.25) is 0 Å². The minimum atomic E-state index is -1.19. The van der Waals surface area contributed by atoms with Crippen LogP contribution in [0.3, 0.4) is 0 Å². The highest BCUT2D eigenvalue weighted by Crippen LogP contribution is 2.41. The van der Waals surface area contributed by atoms with Crippen LogP contribution in [0.1, 0.15) is 20.7 Å². The third kappa shape index (κ3) is 3.59. The SMILES string of the molecule is CN(C)CCN1C(=O)c2c(F)ccc3cc4c(N(C(=O)O)c5ccccc5)cccc4c(c23)C1=O. The van der Waals surface area contributed by atoms with Crippen molar-refractivity contribution in [3.8, 4) is 0 Å². The molecule has 3 amide bonds. The number of nitrogens with zero attached hydrogens (tertiary/aromatic N) is 3. The fourth-order valence-corrected chi connectivity index (χ4v) is 4.62. The van der Waals surface area contributed by atoms with Gasteiger partial charge in [-0.25, -0.2) is 14.1 Å². The predicted molar refractivity (Wildman–Crippen MR) is 132 cm³/mol. The molecule has 35 heavy (non-hydrogen) atoms. The van der Waals surface area contributed by atoms with Crippen LogP contribution >= 0.6 is 0 Å². The summed E-state index contributed by atoms with van der Waals surface area (Å²) in [6.45, 7) is 0.516. The van der Waals surface area contributed by atoms with E-state index in [4.69, 9.17) is 0 Å². The Balaban J connectivity index is 1.83. The van der Waals surface area contributed by atoms with E-state index in [0.29, 0.717) is 34.1 Å². The molecular formula is C27H22FN3O4. The fraction of sp³-hybridized carbons (Fsp3) is 0.148. The van der Waals surface area contributed by atoms with Gasteiger partial charge in [-0.15, -0.1) is 0 Å². The zero-order chi connectivity index (χ0) is 24.9. The number of fused-ring (bicyclic) bond motifs is 2. The molecular weight excluding hydrogens is 449 g/mol. The molecule has 5 rings (SSSR count). The Morgan fingerprint density at radius 1 is 0.914 bits per heavy atom. The maximum Gasteiger partial charge on any atom is 0.416 e. The molecule has 0 bridgehead atoms. The summed E-state index contributed by atoms with van der Waals surface area (Å²) in [5, 5.41) is 11.8. The lowest BCUT2D eigenvalue weighted by atomic mass is 9.88. The van der Waals surface area contributed by atoms with Gasteiger partial charge in [-0.2, -0.15) is 0 Å². The first-order valence-corrected chi connectivity index (χ1v) is 11.1. The molecule has 0 fully saturated rings. The number of hydrogen-bond donors (Lipinski definition) is 1. The zero-order valence-corrected chi connectivity index (χ0v) is 19.2. The van der Waals surface area contributed by atoms with Gasteiger partial charge in [-0.05, 0) is 55.2 Å². The molecule has 8 heteroatoms. The average Bonchev–Trinajstić information content (AvgIpc) is 2.82. The number of imide groups is 1. The summed E-state index contributed by atoms with van der Waals surface area (Å²) < 4.78 is 15.0. The number of carbonyl (C=O) groups excluding carboxylic acids is 2. The summed E-state index contributed by atoms with van der Waals surface area (Å²) in [4.78, 5) is 43.2. The maximum atomic E-state index is 15.0. The topological polar surface area (TPSA) is 81.2 Å². The van der Waals surface area contributed by atoms with Crippen molar-refractivity contribution in [2.75, 3.05) is 32.1 Å². The summed E-state index contributed by atoms with van der Waals surface area (Å²) in [6, 6.07) is 18.1. The number of rotatable bonds is 5. The molecule has 1 heterocycles. The van der Waals surface area contributed by atoms with E-state index in [1.54, 1.807) is 54.6 Å². The minimum Gasteiger partial charge on any atom is -0.464 e. The average molecular weight is 471 g/mol. The molecule has 0 saturated carbocycles. The van der Waals surface area contributed by atoms with Crippen molar-refractivity contribution in [2.45, 2.75) is 0 Å². The number of amides is 3. The Morgan fingerprint density at radius 2 is 1.63 bits per heavy atom. The standard InChI is InChI=1S/C27H22FN3O4/c1-29(2)13-14-30-25(32)23-18-9-6-10-21(31(27(34)35)17-7-4-3-5-8-17)19(18)15-16-11-12-20(28)24(22(16)23)26(30)33/h3-12,15H,13-14H2,1-2H3,(H,34,35). The van der Waals surface area contributed by atoms with Gasteiger partial charge in [0.05, 0.1) is 22.5 Å². The van der Waals surface area contributed by atoms with E-state index in [0.717, 1.165) is 9.80 Å². The van der Waals surface area contributed by atoms with Gasteiger partial charge in [-0.1, -0.05) is 36.4 Å². The number of hydrogen-bond acceptors (Lipinski definition) is 4. The lowest BCUT2D eigenvalue weighted by Crippen LogP contribution is -2.44. The second-order valence-electron chi connectivity index (χ2n) is 8.66. The van der Waals surface area contributed by atoms with Crippen LogP contribution in [0.25, 0.3) is 21.5 Å². The van der Waals surface area contributed by atoms with Crippen LogP contribution in [0.15, 0.2) is 66.7 Å². The smallest absolute Gasteiger partial charge is 0.416 e. The third-order valence-electron chi connectivity index (χ3n) is 6.22. The van der Waals surface area contributed by atoms with E-state index in [1.165, 1.54) is 12.1 Å². The molecule has 0 aliphatic carbocycles. The highest BCUT2D eigenvalue weighted by atomic mass is 19.1. The third-order valence-corrected chi connectivity index (χ3v) is 6.22. The van der Waals surface area contributed by atoms with Gasteiger partial charge in [-0.3, -0.25) is 14.5 Å². The second kappa shape index (κ2) is 8.48. The predicted octanol–water partition coefficient (Wildman–Crippen LogP) is 5.11. The van der Waals surface area contributed by atoms with E-state index in [9.17, 15) is 23.9 Å². The fourth-order valence-electron chi connectivity index (χ4n) is 4.62. The van der Waals surface area contributed by atoms with Crippen molar-refractivity contribution >= 4 is 50.8 Å². The van der Waals surface area contributed by atoms with Crippen LogP contribution in [-0.2, 0) is 0 Å². The first kappa shape index (κ1) is 22.5. The molecule has 0 spiro atoms. The molecule has 0 unspecified atom stereocenters. The highest BCUT2D eigenvalue weighted by Gasteiger charge is 2.36. The van der Waals surface area contributed by atoms with Crippen molar-refractivity contribution in [2.24, 2.45) is 0 Å². The summed E-state index contributed by atoms with van der Waals surface area (Å²) >= 11 is 0. The maximum absolute atomic E-state index is 15.0. The largest absolute Gasteiger partial charge is 0.464 e. The number of likely N-dealkylation sites (N-methyl/N-ethyl adjacent to an activating group) is 1. The first-order valence-electron chi connectivity index (χ1n) is 11.1. The number of carbonyl (C=O) groups is 3. The lowest BCUT2D eigenvalue weighted by molar-refractivity contribution is 0.0599. The number of para-hydroxylation sites is 1. The van der Waals surface area contributed by atoms with Gasteiger partial charge in [0.15, 0.2) is 0 Å². The molecule has 4 aromatic carbocycles. The number of benzene rings is 4. The molecule has 4 aromatic rings. The second-order valence-corrected chi connectivity index (χ2v) is 8.66. The quantitative estimate of drug-likeness (QED) is 0.323. The van der Waals surface area contributed by atoms with Gasteiger partial charge in [0.2, 0.25) is 0 Å². The van der Waals surface area contributed by atoms with E-state index in [-0.39, 0.29) is 23.1 Å². The van der Waals surface area contributed by atoms with Crippen LogP contribution in [0.5, 0.6) is 0 Å². The normalized spacial score (nSPS) is 13.2. The molecule has 176 valence electrons. The van der Waals surface area contributed by atoms with E-state index in [1.807, 2.05) is 19.0 Å². The van der Waals surface area contributed by atoms with Crippen molar-refractivity contribution in [1.29, 1.82) is 0 Å². The van der Waals surface area contributed by atoms with Crippen molar-refractivity contribution in [3.05, 3.63) is 83.7 Å². The Bertz CT molecular complexity index is 1520. The van der Waals surface area contributed by atoms with Gasteiger partial charge in [0.1, 0.15) is 5.82 Å². The van der Waals surface area contributed by atoms with Crippen LogP contribution < -0.4 is 4.90 Å². The molecule has 1 aliphatic heterocycles.